The van der Waals surface area contributed by atoms with Crippen molar-refractivity contribution >= 4 is 0 Å². The number of aryl methyl sites for hydroxylation is 2. The Hall–Kier alpha value is -0.900. The van der Waals surface area contributed by atoms with Crippen LogP contribution in [0.4, 0.5) is 0 Å². The van der Waals surface area contributed by atoms with E-state index in [4.69, 9.17) is 4.74 Å². The fourth-order valence-electron chi connectivity index (χ4n) is 2.84. The molecule has 0 bridgehead atoms. The number of rotatable bonds is 5. The Kier molecular flexibility index (Phi) is 5.58. The highest BCUT2D eigenvalue weighted by Crippen LogP contribution is 2.19. The Morgan fingerprint density at radius 3 is 2.95 bits per heavy atom. The molecule has 0 aliphatic carbocycles. The lowest BCUT2D eigenvalue weighted by atomic mass is 10.00. The van der Waals surface area contributed by atoms with E-state index in [9.17, 15) is 0 Å². The van der Waals surface area contributed by atoms with Gasteiger partial charge in [0, 0.05) is 25.7 Å². The Morgan fingerprint density at radius 2 is 2.20 bits per heavy atom. The number of nitrogens with one attached hydrogen (secondary N) is 1. The molecule has 1 fully saturated rings. The number of nitrogens with zero attached hydrogens (tertiary/aromatic N) is 1. The predicted molar refractivity (Wildman–Crippen MR) is 84.2 cm³/mol. The van der Waals surface area contributed by atoms with Crippen LogP contribution < -0.4 is 5.32 Å². The first-order valence-electron chi connectivity index (χ1n) is 7.74. The Morgan fingerprint density at radius 1 is 1.40 bits per heavy atom. The second-order valence-corrected chi connectivity index (χ2v) is 5.88. The first-order valence-corrected chi connectivity index (χ1v) is 7.74. The summed E-state index contributed by atoms with van der Waals surface area (Å²) in [4.78, 5) is 2.46. The number of morpholine rings is 1. The van der Waals surface area contributed by atoms with Gasteiger partial charge in [-0.3, -0.25) is 4.90 Å². The molecule has 1 aliphatic heterocycles. The molecule has 1 heterocycles. The molecule has 112 valence electrons. The molecule has 0 aromatic heterocycles. The number of ether oxygens (including phenoxy) is 1. The molecule has 0 spiro atoms. The molecule has 0 amide bonds. The van der Waals surface area contributed by atoms with E-state index in [1.807, 2.05) is 0 Å². The first-order chi connectivity index (χ1) is 9.60. The molecular weight excluding hydrogens is 248 g/mol. The molecule has 3 heteroatoms. The van der Waals surface area contributed by atoms with Gasteiger partial charge in [0.1, 0.15) is 0 Å². The summed E-state index contributed by atoms with van der Waals surface area (Å²) in [6.07, 6.45) is 0.316. The van der Waals surface area contributed by atoms with E-state index in [1.54, 1.807) is 0 Å². The molecule has 0 saturated carbocycles. The topological polar surface area (TPSA) is 24.5 Å². The summed E-state index contributed by atoms with van der Waals surface area (Å²) in [7, 11) is 0. The maximum absolute atomic E-state index is 5.85. The molecule has 2 atom stereocenters. The Bertz CT molecular complexity index is 433. The minimum atomic E-state index is 0.316. The SMILES string of the molecule is CCN1CCOC(CNC(C)c2cc(C)ccc2C)C1. The minimum Gasteiger partial charge on any atom is -0.374 e. The summed E-state index contributed by atoms with van der Waals surface area (Å²) < 4.78 is 5.85. The van der Waals surface area contributed by atoms with E-state index < -0.39 is 0 Å². The highest BCUT2D eigenvalue weighted by atomic mass is 16.5. The van der Waals surface area contributed by atoms with Gasteiger partial charge in [0.05, 0.1) is 12.7 Å². The van der Waals surface area contributed by atoms with Crippen molar-refractivity contribution < 1.29 is 4.74 Å². The van der Waals surface area contributed by atoms with E-state index >= 15 is 0 Å². The van der Waals surface area contributed by atoms with E-state index in [1.165, 1.54) is 16.7 Å². The molecular formula is C17H28N2O. The summed E-state index contributed by atoms with van der Waals surface area (Å²) >= 11 is 0. The van der Waals surface area contributed by atoms with Crippen molar-refractivity contribution in [2.75, 3.05) is 32.8 Å². The maximum atomic E-state index is 5.85. The second kappa shape index (κ2) is 7.21. The van der Waals surface area contributed by atoms with Crippen molar-refractivity contribution in [3.8, 4) is 0 Å². The smallest absolute Gasteiger partial charge is 0.0826 e. The van der Waals surface area contributed by atoms with Crippen LogP contribution in [-0.4, -0.2) is 43.8 Å². The third kappa shape index (κ3) is 4.05. The average molecular weight is 276 g/mol. The van der Waals surface area contributed by atoms with Crippen LogP contribution in [0.25, 0.3) is 0 Å². The van der Waals surface area contributed by atoms with E-state index in [2.05, 4.69) is 56.1 Å². The van der Waals surface area contributed by atoms with Crippen molar-refractivity contribution in [2.45, 2.75) is 39.8 Å². The van der Waals surface area contributed by atoms with Gasteiger partial charge in [0.2, 0.25) is 0 Å². The molecule has 1 saturated heterocycles. The molecule has 1 aliphatic rings. The highest BCUT2D eigenvalue weighted by Gasteiger charge is 2.20. The molecule has 1 aromatic rings. The molecule has 20 heavy (non-hydrogen) atoms. The monoisotopic (exact) mass is 276 g/mol. The number of likely N-dealkylation sites (N-methyl/N-ethyl adjacent to an activating group) is 1. The first kappa shape index (κ1) is 15.5. The second-order valence-electron chi connectivity index (χ2n) is 5.88. The molecule has 2 unspecified atom stereocenters. The molecule has 3 nitrogen and oxygen atoms in total. The molecule has 1 N–H and O–H groups in total. The average Bonchev–Trinajstić information content (AvgIpc) is 2.47. The number of benzene rings is 1. The third-order valence-corrected chi connectivity index (χ3v) is 4.22. The number of hydrogen-bond acceptors (Lipinski definition) is 3. The summed E-state index contributed by atoms with van der Waals surface area (Å²) in [5.74, 6) is 0. The van der Waals surface area contributed by atoms with Gasteiger partial charge in [-0.1, -0.05) is 30.7 Å². The van der Waals surface area contributed by atoms with Crippen LogP contribution in [0.5, 0.6) is 0 Å². The maximum Gasteiger partial charge on any atom is 0.0826 e. The van der Waals surface area contributed by atoms with E-state index in [-0.39, 0.29) is 0 Å². The van der Waals surface area contributed by atoms with Gasteiger partial charge in [0.25, 0.3) is 0 Å². The fraction of sp³-hybridized carbons (Fsp3) is 0.647. The minimum absolute atomic E-state index is 0.316. The summed E-state index contributed by atoms with van der Waals surface area (Å²) in [5, 5.41) is 3.63. The van der Waals surface area contributed by atoms with E-state index in [0.29, 0.717) is 12.1 Å². The van der Waals surface area contributed by atoms with Crippen LogP contribution in [0, 0.1) is 13.8 Å². The van der Waals surface area contributed by atoms with Gasteiger partial charge in [-0.15, -0.1) is 0 Å². The standard InChI is InChI=1S/C17H28N2O/c1-5-19-8-9-20-16(12-19)11-18-15(4)17-10-13(2)6-7-14(17)3/h6-7,10,15-16,18H,5,8-9,11-12H2,1-4H3. The van der Waals surface area contributed by atoms with Gasteiger partial charge in [-0.05, 0) is 38.4 Å². The lowest BCUT2D eigenvalue weighted by Gasteiger charge is -2.33. The number of hydrogen-bond donors (Lipinski definition) is 1. The predicted octanol–water partition coefficient (Wildman–Crippen LogP) is 2.67. The van der Waals surface area contributed by atoms with Crippen LogP contribution in [0.2, 0.25) is 0 Å². The van der Waals surface area contributed by atoms with Crippen LogP contribution in [0.1, 0.15) is 36.6 Å². The largest absolute Gasteiger partial charge is 0.374 e. The summed E-state index contributed by atoms with van der Waals surface area (Å²) in [6, 6.07) is 7.04. The lowest BCUT2D eigenvalue weighted by molar-refractivity contribution is -0.0262. The van der Waals surface area contributed by atoms with Crippen LogP contribution in [0.15, 0.2) is 18.2 Å². The van der Waals surface area contributed by atoms with Crippen LogP contribution in [-0.2, 0) is 4.74 Å². The quantitative estimate of drug-likeness (QED) is 0.895. The van der Waals surface area contributed by atoms with Crippen molar-refractivity contribution in [1.82, 2.24) is 10.2 Å². The highest BCUT2D eigenvalue weighted by molar-refractivity contribution is 5.32. The fourth-order valence-corrected chi connectivity index (χ4v) is 2.84. The normalized spacial score (nSPS) is 21.9. The molecule has 0 radical (unpaired) electrons. The zero-order valence-electron chi connectivity index (χ0n) is 13.3. The van der Waals surface area contributed by atoms with Gasteiger partial charge in [-0.25, -0.2) is 0 Å². The van der Waals surface area contributed by atoms with Crippen molar-refractivity contribution in [2.24, 2.45) is 0 Å². The van der Waals surface area contributed by atoms with E-state index in [0.717, 1.165) is 32.8 Å². The Balaban J connectivity index is 1.88. The summed E-state index contributed by atoms with van der Waals surface area (Å²) in [6.45, 7) is 13.8. The zero-order chi connectivity index (χ0) is 14.5. The lowest BCUT2D eigenvalue weighted by Crippen LogP contribution is -2.46. The van der Waals surface area contributed by atoms with Crippen molar-refractivity contribution in [3.63, 3.8) is 0 Å². The van der Waals surface area contributed by atoms with Crippen LogP contribution >= 0.6 is 0 Å². The zero-order valence-corrected chi connectivity index (χ0v) is 13.3. The third-order valence-electron chi connectivity index (χ3n) is 4.22. The molecule has 2 rings (SSSR count). The van der Waals surface area contributed by atoms with Gasteiger partial charge in [-0.2, -0.15) is 0 Å². The van der Waals surface area contributed by atoms with Crippen molar-refractivity contribution in [1.29, 1.82) is 0 Å². The summed E-state index contributed by atoms with van der Waals surface area (Å²) in [5.41, 5.74) is 4.08. The Labute approximate surface area is 123 Å². The van der Waals surface area contributed by atoms with Crippen molar-refractivity contribution in [3.05, 3.63) is 34.9 Å². The van der Waals surface area contributed by atoms with Crippen LogP contribution in [0.3, 0.4) is 0 Å². The molecule has 1 aromatic carbocycles. The van der Waals surface area contributed by atoms with Gasteiger partial charge < -0.3 is 10.1 Å². The van der Waals surface area contributed by atoms with Gasteiger partial charge >= 0.3 is 0 Å². The van der Waals surface area contributed by atoms with Gasteiger partial charge in [0.15, 0.2) is 0 Å².